The molecule has 1 N–H and O–H groups in total. The molecule has 0 atom stereocenters. The molecule has 0 amide bonds. The van der Waals surface area contributed by atoms with Gasteiger partial charge in [-0.1, -0.05) is 12.1 Å². The molecule has 1 aromatic heterocycles. The summed E-state index contributed by atoms with van der Waals surface area (Å²) in [4.78, 5) is 14.8. The fourth-order valence-electron chi connectivity index (χ4n) is 2.06. The fraction of sp³-hybridized carbons (Fsp3) is 0.467. The number of pyridine rings is 1. The Morgan fingerprint density at radius 1 is 1.33 bits per heavy atom. The zero-order chi connectivity index (χ0) is 15.7. The van der Waals surface area contributed by atoms with Crippen molar-refractivity contribution in [3.05, 3.63) is 35.6 Å². The summed E-state index contributed by atoms with van der Waals surface area (Å²) in [5.41, 5.74) is 0.703. The molecule has 2 heterocycles. The highest BCUT2D eigenvalue weighted by molar-refractivity contribution is 6.52. The first-order valence-electron chi connectivity index (χ1n) is 6.90. The molecule has 1 saturated heterocycles. The molecule has 0 saturated carbocycles. The van der Waals surface area contributed by atoms with E-state index < -0.39 is 13.1 Å². The van der Waals surface area contributed by atoms with E-state index in [4.69, 9.17) is 14.4 Å². The molecule has 0 spiro atoms. The number of aromatic nitrogens is 1. The summed E-state index contributed by atoms with van der Waals surface area (Å²) >= 11 is 0. The van der Waals surface area contributed by atoms with E-state index in [1.807, 2.05) is 33.8 Å². The van der Waals surface area contributed by atoms with Crippen molar-refractivity contribution < 1.29 is 19.2 Å². The Bertz CT molecular complexity index is 553. The summed E-state index contributed by atoms with van der Waals surface area (Å²) in [5.74, 6) is 0.922. The first-order valence-corrected chi connectivity index (χ1v) is 6.90. The summed E-state index contributed by atoms with van der Waals surface area (Å²) in [6.45, 7) is 7.96. The van der Waals surface area contributed by atoms with Crippen LogP contribution in [0.2, 0.25) is 0 Å². The number of carboxylic acid groups (broad SMARTS) is 1. The number of carbonyl (C=O) groups is 1. The zero-order valence-electron chi connectivity index (χ0n) is 12.8. The van der Waals surface area contributed by atoms with Crippen LogP contribution in [-0.4, -0.2) is 34.4 Å². The molecule has 5 nitrogen and oxygen atoms in total. The van der Waals surface area contributed by atoms with E-state index in [2.05, 4.69) is 4.98 Å². The molecular formula is C15H20BNO4. The van der Waals surface area contributed by atoms with Gasteiger partial charge in [-0.25, -0.2) is 0 Å². The Hall–Kier alpha value is -1.66. The van der Waals surface area contributed by atoms with E-state index in [1.165, 1.54) is 0 Å². The molecule has 112 valence electrons. The summed E-state index contributed by atoms with van der Waals surface area (Å²) in [6.07, 6.45) is 4.96. The van der Waals surface area contributed by atoms with Crippen LogP contribution in [0, 0.1) is 0 Å². The first kappa shape index (κ1) is 15.7. The van der Waals surface area contributed by atoms with Gasteiger partial charge in [0.25, 0.3) is 0 Å². The van der Waals surface area contributed by atoms with Gasteiger partial charge in [-0.2, -0.15) is 0 Å². The van der Waals surface area contributed by atoms with Crippen molar-refractivity contribution in [1.82, 2.24) is 4.98 Å². The van der Waals surface area contributed by atoms with Crippen LogP contribution in [0.15, 0.2) is 24.4 Å². The van der Waals surface area contributed by atoms with Crippen LogP contribution in [0.25, 0.3) is 6.08 Å². The van der Waals surface area contributed by atoms with Crippen molar-refractivity contribution in [2.75, 3.05) is 0 Å². The predicted molar refractivity (Wildman–Crippen MR) is 80.7 cm³/mol. The molecule has 0 aliphatic carbocycles. The van der Waals surface area contributed by atoms with E-state index in [9.17, 15) is 4.79 Å². The molecule has 0 unspecified atom stereocenters. The highest BCUT2D eigenvalue weighted by atomic mass is 16.7. The zero-order valence-corrected chi connectivity index (χ0v) is 12.8. The van der Waals surface area contributed by atoms with Gasteiger partial charge in [0, 0.05) is 12.4 Å². The average Bonchev–Trinajstić information content (AvgIpc) is 2.56. The standard InChI is InChI=1S/C15H20BNO4/c1-14(2)15(3,4)21-16(20-14)7-5-11-6-8-17-10-12(11)9-13(18)19/h5-8,10H,9H2,1-4H3,(H,18,19)/b7-5+. The van der Waals surface area contributed by atoms with Crippen LogP contribution in [0.4, 0.5) is 0 Å². The molecule has 21 heavy (non-hydrogen) atoms. The van der Waals surface area contributed by atoms with Gasteiger partial charge >= 0.3 is 13.1 Å². The molecule has 2 rings (SSSR count). The van der Waals surface area contributed by atoms with Crippen molar-refractivity contribution in [1.29, 1.82) is 0 Å². The summed E-state index contributed by atoms with van der Waals surface area (Å²) in [7, 11) is -0.444. The van der Waals surface area contributed by atoms with Crippen molar-refractivity contribution in [2.24, 2.45) is 0 Å². The lowest BCUT2D eigenvalue weighted by atomic mass is 9.88. The molecule has 1 aliphatic heterocycles. The third kappa shape index (κ3) is 3.51. The normalized spacial score (nSPS) is 20.1. The Morgan fingerprint density at radius 2 is 1.95 bits per heavy atom. The second-order valence-corrected chi connectivity index (χ2v) is 6.13. The quantitative estimate of drug-likeness (QED) is 0.862. The average molecular weight is 289 g/mol. The number of aliphatic carboxylic acids is 1. The van der Waals surface area contributed by atoms with Gasteiger partial charge in [0.15, 0.2) is 0 Å². The minimum Gasteiger partial charge on any atom is -0.481 e. The van der Waals surface area contributed by atoms with Crippen molar-refractivity contribution in [3.8, 4) is 0 Å². The lowest BCUT2D eigenvalue weighted by molar-refractivity contribution is -0.136. The second kappa shape index (κ2) is 5.62. The Labute approximate surface area is 125 Å². The van der Waals surface area contributed by atoms with Gasteiger partial charge in [-0.3, -0.25) is 9.78 Å². The van der Waals surface area contributed by atoms with E-state index in [-0.39, 0.29) is 17.6 Å². The highest BCUT2D eigenvalue weighted by Gasteiger charge is 2.49. The second-order valence-electron chi connectivity index (χ2n) is 6.13. The molecule has 0 aromatic carbocycles. The minimum atomic E-state index is -0.881. The lowest BCUT2D eigenvalue weighted by Crippen LogP contribution is -2.41. The monoisotopic (exact) mass is 289 g/mol. The summed E-state index contributed by atoms with van der Waals surface area (Å²) in [6, 6.07) is 1.78. The van der Waals surface area contributed by atoms with Gasteiger partial charge in [-0.15, -0.1) is 0 Å². The minimum absolute atomic E-state index is 0.0587. The highest BCUT2D eigenvalue weighted by Crippen LogP contribution is 2.37. The van der Waals surface area contributed by atoms with Gasteiger partial charge in [0.1, 0.15) is 0 Å². The third-order valence-corrected chi connectivity index (χ3v) is 3.99. The maximum absolute atomic E-state index is 10.9. The van der Waals surface area contributed by atoms with Crippen molar-refractivity contribution in [2.45, 2.75) is 45.3 Å². The Kier molecular flexibility index (Phi) is 4.21. The van der Waals surface area contributed by atoms with E-state index in [1.54, 1.807) is 24.4 Å². The number of hydrogen-bond acceptors (Lipinski definition) is 4. The molecule has 0 bridgehead atoms. The maximum atomic E-state index is 10.9. The molecule has 1 aromatic rings. The molecule has 0 radical (unpaired) electrons. The molecule has 6 heteroatoms. The number of rotatable bonds is 4. The van der Waals surface area contributed by atoms with E-state index >= 15 is 0 Å². The smallest absolute Gasteiger partial charge is 0.481 e. The summed E-state index contributed by atoms with van der Waals surface area (Å²) in [5, 5.41) is 8.91. The number of hydrogen-bond donors (Lipinski definition) is 1. The molecular weight excluding hydrogens is 269 g/mol. The van der Waals surface area contributed by atoms with Crippen LogP contribution in [0.5, 0.6) is 0 Å². The Morgan fingerprint density at radius 3 is 2.52 bits per heavy atom. The van der Waals surface area contributed by atoms with Gasteiger partial charge in [0.05, 0.1) is 17.6 Å². The summed E-state index contributed by atoms with van der Waals surface area (Å²) < 4.78 is 11.7. The van der Waals surface area contributed by atoms with Crippen molar-refractivity contribution in [3.63, 3.8) is 0 Å². The van der Waals surface area contributed by atoms with Gasteiger partial charge in [-0.05, 0) is 44.9 Å². The van der Waals surface area contributed by atoms with Crippen LogP contribution in [0.3, 0.4) is 0 Å². The lowest BCUT2D eigenvalue weighted by Gasteiger charge is -2.32. The van der Waals surface area contributed by atoms with Crippen molar-refractivity contribution >= 4 is 19.2 Å². The topological polar surface area (TPSA) is 68.7 Å². The van der Waals surface area contributed by atoms with Gasteiger partial charge < -0.3 is 14.4 Å². The number of carboxylic acids is 1. The third-order valence-electron chi connectivity index (χ3n) is 3.99. The Balaban J connectivity index is 2.14. The van der Waals surface area contributed by atoms with Crippen LogP contribution in [-0.2, 0) is 20.5 Å². The maximum Gasteiger partial charge on any atom is 0.487 e. The van der Waals surface area contributed by atoms with Gasteiger partial charge in [0.2, 0.25) is 0 Å². The molecule has 1 aliphatic rings. The molecule has 1 fully saturated rings. The SMILES string of the molecule is CC1(C)OB(/C=C/c2ccncc2CC(=O)O)OC1(C)C. The predicted octanol–water partition coefficient (Wildman–Crippen LogP) is 2.35. The van der Waals surface area contributed by atoms with E-state index in [0.29, 0.717) is 5.56 Å². The van der Waals surface area contributed by atoms with Crippen LogP contribution < -0.4 is 0 Å². The van der Waals surface area contributed by atoms with E-state index in [0.717, 1.165) is 5.56 Å². The number of nitrogens with zero attached hydrogens (tertiary/aromatic N) is 1. The largest absolute Gasteiger partial charge is 0.487 e. The fourth-order valence-corrected chi connectivity index (χ4v) is 2.06. The van der Waals surface area contributed by atoms with Crippen LogP contribution >= 0.6 is 0 Å². The van der Waals surface area contributed by atoms with Crippen LogP contribution in [0.1, 0.15) is 38.8 Å². The first-order chi connectivity index (χ1) is 9.71.